The van der Waals surface area contributed by atoms with E-state index >= 15 is 0 Å². The van der Waals surface area contributed by atoms with Gasteiger partial charge in [0.1, 0.15) is 0 Å². The Morgan fingerprint density at radius 2 is 1.40 bits per heavy atom. The zero-order valence-corrected chi connectivity index (χ0v) is 12.5. The van der Waals surface area contributed by atoms with Gasteiger partial charge in [0.2, 0.25) is 0 Å². The zero-order valence-electron chi connectivity index (χ0n) is 12.5. The molecule has 1 heteroatoms. The number of aryl methyl sites for hydroxylation is 1. The molecule has 0 bridgehead atoms. The van der Waals surface area contributed by atoms with Gasteiger partial charge in [-0.3, -0.25) is 0 Å². The summed E-state index contributed by atoms with van der Waals surface area (Å²) in [5.41, 5.74) is 4.82. The summed E-state index contributed by atoms with van der Waals surface area (Å²) in [7, 11) is 0. The van der Waals surface area contributed by atoms with Gasteiger partial charge in [-0.15, -0.1) is 0 Å². The summed E-state index contributed by atoms with van der Waals surface area (Å²) in [5.74, 6) is 0. The number of hydrogen-bond acceptors (Lipinski definition) is 1. The van der Waals surface area contributed by atoms with Crippen molar-refractivity contribution in [2.45, 2.75) is 45.6 Å². The maximum absolute atomic E-state index is 9.52. The lowest BCUT2D eigenvalue weighted by atomic mass is 9.99. The molecule has 0 fully saturated rings. The number of aliphatic hydroxyl groups excluding tert-OH is 1. The maximum atomic E-state index is 9.52. The average molecular weight is 268 g/mol. The van der Waals surface area contributed by atoms with Crippen LogP contribution in [-0.4, -0.2) is 5.11 Å². The molecule has 1 N–H and O–H groups in total. The van der Waals surface area contributed by atoms with Crippen molar-refractivity contribution in [3.63, 3.8) is 0 Å². The zero-order chi connectivity index (χ0) is 14.4. The summed E-state index contributed by atoms with van der Waals surface area (Å²) >= 11 is 0. The summed E-state index contributed by atoms with van der Waals surface area (Å²) in [5, 5.41) is 9.52. The number of benzene rings is 2. The van der Waals surface area contributed by atoms with E-state index < -0.39 is 6.10 Å². The van der Waals surface area contributed by atoms with Gasteiger partial charge in [-0.05, 0) is 42.0 Å². The summed E-state index contributed by atoms with van der Waals surface area (Å²) in [6, 6.07) is 17.0. The van der Waals surface area contributed by atoms with Crippen molar-refractivity contribution >= 4 is 0 Å². The van der Waals surface area contributed by atoms with E-state index in [-0.39, 0.29) is 0 Å². The first-order chi connectivity index (χ1) is 9.70. The largest absolute Gasteiger partial charge is 0.389 e. The summed E-state index contributed by atoms with van der Waals surface area (Å²) in [6.45, 7) is 4.03. The Hall–Kier alpha value is -1.60. The number of rotatable bonds is 6. The van der Waals surface area contributed by atoms with Crippen LogP contribution in [0.3, 0.4) is 0 Å². The summed E-state index contributed by atoms with van der Waals surface area (Å²) in [6.07, 6.45) is 4.63. The topological polar surface area (TPSA) is 20.2 Å². The van der Waals surface area contributed by atoms with Crippen molar-refractivity contribution in [1.82, 2.24) is 0 Å². The fourth-order valence-corrected chi connectivity index (χ4v) is 2.40. The first-order valence-electron chi connectivity index (χ1n) is 7.58. The minimum Gasteiger partial charge on any atom is -0.389 e. The van der Waals surface area contributed by atoms with Crippen LogP contribution in [-0.2, 0) is 6.42 Å². The van der Waals surface area contributed by atoms with E-state index in [1.54, 1.807) is 6.92 Å². The van der Waals surface area contributed by atoms with E-state index in [0.29, 0.717) is 0 Å². The van der Waals surface area contributed by atoms with Crippen molar-refractivity contribution in [3.8, 4) is 11.1 Å². The van der Waals surface area contributed by atoms with Crippen LogP contribution in [0.15, 0.2) is 48.5 Å². The van der Waals surface area contributed by atoms with Gasteiger partial charge in [-0.2, -0.15) is 0 Å². The van der Waals surface area contributed by atoms with Crippen LogP contribution >= 0.6 is 0 Å². The highest BCUT2D eigenvalue weighted by molar-refractivity contribution is 5.64. The van der Waals surface area contributed by atoms with Crippen molar-refractivity contribution in [3.05, 3.63) is 59.7 Å². The predicted octanol–water partition coefficient (Wildman–Crippen LogP) is 5.14. The minimum absolute atomic E-state index is 0.398. The molecule has 0 amide bonds. The highest BCUT2D eigenvalue weighted by Gasteiger charge is 2.02. The molecule has 0 aliphatic heterocycles. The third-order valence-electron chi connectivity index (χ3n) is 3.75. The number of aliphatic hydroxyl groups is 1. The summed E-state index contributed by atoms with van der Waals surface area (Å²) < 4.78 is 0. The molecule has 20 heavy (non-hydrogen) atoms. The first kappa shape index (κ1) is 14.8. The summed E-state index contributed by atoms with van der Waals surface area (Å²) in [4.78, 5) is 0. The second-order valence-corrected chi connectivity index (χ2v) is 5.45. The molecule has 0 unspecified atom stereocenters. The fraction of sp³-hybridized carbons (Fsp3) is 0.368. The van der Waals surface area contributed by atoms with Gasteiger partial charge in [-0.25, -0.2) is 0 Å². The van der Waals surface area contributed by atoms with Crippen LogP contribution in [0, 0.1) is 0 Å². The molecule has 0 aliphatic carbocycles. The van der Waals surface area contributed by atoms with Crippen LogP contribution in [0.5, 0.6) is 0 Å². The van der Waals surface area contributed by atoms with Crippen molar-refractivity contribution in [1.29, 1.82) is 0 Å². The Kier molecular flexibility index (Phi) is 5.37. The normalized spacial score (nSPS) is 12.3. The van der Waals surface area contributed by atoms with Gasteiger partial charge in [0, 0.05) is 0 Å². The molecule has 2 rings (SSSR count). The second-order valence-electron chi connectivity index (χ2n) is 5.45. The smallest absolute Gasteiger partial charge is 0.0761 e. The Labute approximate surface area is 122 Å². The van der Waals surface area contributed by atoms with Crippen molar-refractivity contribution in [2.24, 2.45) is 0 Å². The SMILES string of the molecule is CCCCCc1ccc(-c2ccc([C@@H](C)O)cc2)cc1. The molecule has 0 radical (unpaired) electrons. The van der Waals surface area contributed by atoms with Gasteiger partial charge < -0.3 is 5.11 Å². The highest BCUT2D eigenvalue weighted by Crippen LogP contribution is 2.22. The third kappa shape index (κ3) is 3.94. The van der Waals surface area contributed by atoms with Crippen molar-refractivity contribution < 1.29 is 5.11 Å². The molecular formula is C19H24O. The molecule has 0 saturated heterocycles. The molecule has 2 aromatic rings. The van der Waals surface area contributed by atoms with Gasteiger partial charge in [0.25, 0.3) is 0 Å². The molecule has 0 aromatic heterocycles. The van der Waals surface area contributed by atoms with Crippen molar-refractivity contribution in [2.75, 3.05) is 0 Å². The fourth-order valence-electron chi connectivity index (χ4n) is 2.40. The lowest BCUT2D eigenvalue weighted by Gasteiger charge is -2.07. The van der Waals surface area contributed by atoms with E-state index in [0.717, 1.165) is 5.56 Å². The molecule has 0 saturated carbocycles. The lowest BCUT2D eigenvalue weighted by molar-refractivity contribution is 0.199. The van der Waals surface area contributed by atoms with Crippen LogP contribution in [0.1, 0.15) is 50.3 Å². The van der Waals surface area contributed by atoms with Gasteiger partial charge in [0.15, 0.2) is 0 Å². The van der Waals surface area contributed by atoms with Crippen LogP contribution < -0.4 is 0 Å². The molecular weight excluding hydrogens is 244 g/mol. The maximum Gasteiger partial charge on any atom is 0.0761 e. The standard InChI is InChI=1S/C19H24O/c1-3-4-5-6-16-7-9-18(10-8-16)19-13-11-17(12-14-19)15(2)20/h7-15,20H,3-6H2,1-2H3/t15-/m1/s1. The van der Waals surface area contributed by atoms with E-state index in [9.17, 15) is 5.11 Å². The molecule has 2 aromatic carbocycles. The van der Waals surface area contributed by atoms with E-state index in [4.69, 9.17) is 0 Å². The number of hydrogen-bond donors (Lipinski definition) is 1. The molecule has 1 nitrogen and oxygen atoms in total. The highest BCUT2D eigenvalue weighted by atomic mass is 16.3. The van der Waals surface area contributed by atoms with E-state index in [2.05, 4.69) is 43.3 Å². The Bertz CT molecular complexity index is 508. The van der Waals surface area contributed by atoms with Crippen LogP contribution in [0.25, 0.3) is 11.1 Å². The monoisotopic (exact) mass is 268 g/mol. The van der Waals surface area contributed by atoms with Crippen LogP contribution in [0.4, 0.5) is 0 Å². The molecule has 0 spiro atoms. The van der Waals surface area contributed by atoms with Gasteiger partial charge in [-0.1, -0.05) is 68.3 Å². The van der Waals surface area contributed by atoms with E-state index in [1.165, 1.54) is 42.4 Å². The second kappa shape index (κ2) is 7.25. The van der Waals surface area contributed by atoms with Crippen LogP contribution in [0.2, 0.25) is 0 Å². The van der Waals surface area contributed by atoms with Gasteiger partial charge in [0.05, 0.1) is 6.10 Å². The number of unbranched alkanes of at least 4 members (excludes halogenated alkanes) is 2. The Balaban J connectivity index is 2.05. The quantitative estimate of drug-likeness (QED) is 0.719. The molecule has 0 heterocycles. The Morgan fingerprint density at radius 1 is 0.850 bits per heavy atom. The average Bonchev–Trinajstić information content (AvgIpc) is 2.48. The molecule has 0 aliphatic rings. The minimum atomic E-state index is -0.398. The molecule has 1 atom stereocenters. The van der Waals surface area contributed by atoms with Gasteiger partial charge >= 0.3 is 0 Å². The lowest BCUT2D eigenvalue weighted by Crippen LogP contribution is -1.90. The molecule has 106 valence electrons. The third-order valence-corrected chi connectivity index (χ3v) is 3.75. The predicted molar refractivity (Wildman–Crippen MR) is 85.7 cm³/mol. The Morgan fingerprint density at radius 3 is 1.90 bits per heavy atom. The first-order valence-corrected chi connectivity index (χ1v) is 7.58. The van der Waals surface area contributed by atoms with E-state index in [1.807, 2.05) is 12.1 Å².